The van der Waals surface area contributed by atoms with Crippen molar-refractivity contribution in [2.75, 3.05) is 25.0 Å². The number of nitrogens with one attached hydrogen (secondary N) is 8. The van der Waals surface area contributed by atoms with Gasteiger partial charge in [0.1, 0.15) is 35.8 Å². The third kappa shape index (κ3) is 19.7. The van der Waals surface area contributed by atoms with Crippen molar-refractivity contribution < 1.29 is 48.2 Å². The summed E-state index contributed by atoms with van der Waals surface area (Å²) in [6.07, 6.45) is 2.27. The second-order valence-electron chi connectivity index (χ2n) is 18.0. The first-order valence-corrected chi connectivity index (χ1v) is 22.5. The number of nitrogens with zero attached hydrogens (tertiary/aromatic N) is 1. The van der Waals surface area contributed by atoms with E-state index in [1.807, 2.05) is 44.2 Å². The molecule has 9 N–H and O–H groups in total. The maximum Gasteiger partial charge on any atom is 0.408 e. The molecule has 66 heavy (non-hydrogen) atoms. The number of carboxylic acids is 1. The summed E-state index contributed by atoms with van der Waals surface area (Å²) in [5.41, 5.74) is 0.979. The minimum absolute atomic E-state index is 0.000641. The van der Waals surface area contributed by atoms with Gasteiger partial charge in [0.15, 0.2) is 0 Å². The van der Waals surface area contributed by atoms with Gasteiger partial charge in [-0.1, -0.05) is 56.3 Å². The summed E-state index contributed by atoms with van der Waals surface area (Å²) in [4.78, 5) is 106. The van der Waals surface area contributed by atoms with Crippen LogP contribution in [0.3, 0.4) is 0 Å². The van der Waals surface area contributed by atoms with Gasteiger partial charge in [0.25, 0.3) is 0 Å². The van der Waals surface area contributed by atoms with Crippen LogP contribution < -0.4 is 37.2 Å². The zero-order valence-corrected chi connectivity index (χ0v) is 39.2. The number of rotatable bonds is 24. The molecule has 362 valence electrons. The van der Waals surface area contributed by atoms with Crippen LogP contribution in [0.4, 0.5) is 10.5 Å². The maximum absolute atomic E-state index is 14.1. The Kier molecular flexibility index (Phi) is 21.6. The molecule has 19 nitrogen and oxygen atoms in total. The topological polar surface area (TPSA) is 277 Å². The van der Waals surface area contributed by atoms with E-state index in [0.29, 0.717) is 56.4 Å². The van der Waals surface area contributed by atoms with Gasteiger partial charge in [0.05, 0.1) is 12.4 Å². The SMILES string of the molecule is CC(=N)NCCCC[C@H](NC(=O)[C@H](CCc1ccccc1)NC(=O)CNC(=O)[C@@H](CC(C)C)NC(=O)[C@@H]1CCCN1C(C)=O)C(=O)Nc1ccc(C[C@@H](NC(=O)OC(C)(C)C)C(=O)O)cc1. The predicted octanol–water partition coefficient (Wildman–Crippen LogP) is 3.16. The normalized spacial score (nSPS) is 15.3. The number of aryl methyl sites for hydroxylation is 1. The maximum atomic E-state index is 14.1. The number of ether oxygens (including phenoxy) is 1. The van der Waals surface area contributed by atoms with Crippen molar-refractivity contribution in [3.63, 3.8) is 0 Å². The van der Waals surface area contributed by atoms with Crippen LogP contribution in [0.25, 0.3) is 0 Å². The lowest BCUT2D eigenvalue weighted by atomic mass is 10.0. The van der Waals surface area contributed by atoms with Crippen molar-refractivity contribution in [1.82, 2.24) is 36.8 Å². The van der Waals surface area contributed by atoms with E-state index in [4.69, 9.17) is 10.1 Å². The van der Waals surface area contributed by atoms with Crippen LogP contribution >= 0.6 is 0 Å². The van der Waals surface area contributed by atoms with Crippen LogP contribution in [0.15, 0.2) is 54.6 Å². The number of benzene rings is 2. The summed E-state index contributed by atoms with van der Waals surface area (Å²) in [5, 5.41) is 36.4. The van der Waals surface area contributed by atoms with Gasteiger partial charge >= 0.3 is 12.1 Å². The van der Waals surface area contributed by atoms with E-state index in [1.165, 1.54) is 11.8 Å². The largest absolute Gasteiger partial charge is 0.480 e. The van der Waals surface area contributed by atoms with Gasteiger partial charge in [-0.3, -0.25) is 34.2 Å². The number of aliphatic carboxylic acids is 1. The number of carboxylic acid groups (broad SMARTS) is 1. The third-order valence-electron chi connectivity index (χ3n) is 10.5. The Hall–Kier alpha value is -6.53. The fraction of sp³-hybridized carbons (Fsp3) is 0.553. The highest BCUT2D eigenvalue weighted by atomic mass is 16.6. The van der Waals surface area contributed by atoms with E-state index in [9.17, 15) is 43.5 Å². The average molecular weight is 920 g/mol. The fourth-order valence-corrected chi connectivity index (χ4v) is 7.28. The first-order valence-electron chi connectivity index (χ1n) is 22.5. The van der Waals surface area contributed by atoms with Crippen LogP contribution in [-0.4, -0.2) is 119 Å². The summed E-state index contributed by atoms with van der Waals surface area (Å²) >= 11 is 0. The van der Waals surface area contributed by atoms with Crippen molar-refractivity contribution in [3.8, 4) is 0 Å². The number of amidine groups is 1. The Bertz CT molecular complexity index is 1990. The molecule has 1 heterocycles. The Morgan fingerprint density at radius 3 is 2.05 bits per heavy atom. The third-order valence-corrected chi connectivity index (χ3v) is 10.5. The first-order chi connectivity index (χ1) is 31.1. The number of hydrogen-bond acceptors (Lipinski definition) is 10. The fourth-order valence-electron chi connectivity index (χ4n) is 7.28. The standard InChI is InChI=1S/C47H69N9O10/c1-29(2)26-37(54-44(62)39-17-13-25-56(39)31(4)57)41(59)50-28-40(58)52-36(23-20-32-14-9-8-10-15-32)43(61)53-35(16-11-12-24-49-30(3)48)42(60)51-34-21-18-33(19-22-34)27-38(45(63)64)55-46(65)66-47(5,6)7/h8-10,14-15,18-19,21-22,29,35-39H,11-13,16-17,20,23-28H2,1-7H3,(H2,48,49)(H,50,59)(H,51,60)(H,52,58)(H,53,61)(H,54,62)(H,55,65)(H,63,64)/t35-,36-,37+,38+,39-/m0/s1. The second kappa shape index (κ2) is 26.4. The van der Waals surface area contributed by atoms with Crippen molar-refractivity contribution in [2.24, 2.45) is 5.92 Å². The molecule has 2 aromatic rings. The number of carbonyl (C=O) groups is 8. The summed E-state index contributed by atoms with van der Waals surface area (Å²) in [7, 11) is 0. The summed E-state index contributed by atoms with van der Waals surface area (Å²) < 4.78 is 5.20. The van der Waals surface area contributed by atoms with Gasteiger partial charge in [0, 0.05) is 32.1 Å². The number of alkyl carbamates (subject to hydrolysis) is 1. The van der Waals surface area contributed by atoms with Gasteiger partial charge in [-0.25, -0.2) is 9.59 Å². The van der Waals surface area contributed by atoms with Crippen LogP contribution in [0, 0.1) is 11.3 Å². The molecule has 19 heteroatoms. The number of likely N-dealkylation sites (tertiary alicyclic amines) is 1. The molecule has 0 unspecified atom stereocenters. The van der Waals surface area contributed by atoms with Gasteiger partial charge in [-0.15, -0.1) is 0 Å². The van der Waals surface area contributed by atoms with Gasteiger partial charge in [-0.05, 0) is 108 Å². The molecule has 1 fully saturated rings. The molecule has 0 spiro atoms. The Morgan fingerprint density at radius 2 is 1.44 bits per heavy atom. The Labute approximate surface area is 387 Å². The average Bonchev–Trinajstić information content (AvgIpc) is 3.74. The lowest BCUT2D eigenvalue weighted by Crippen LogP contribution is -2.56. The highest BCUT2D eigenvalue weighted by Crippen LogP contribution is 2.19. The molecule has 0 radical (unpaired) electrons. The zero-order valence-electron chi connectivity index (χ0n) is 39.2. The quantitative estimate of drug-likeness (QED) is 0.0419. The predicted molar refractivity (Wildman–Crippen MR) is 248 cm³/mol. The molecule has 0 bridgehead atoms. The minimum atomic E-state index is -1.28. The zero-order chi connectivity index (χ0) is 49.0. The molecular weight excluding hydrogens is 851 g/mol. The molecule has 7 amide bonds. The van der Waals surface area contributed by atoms with Gasteiger partial charge < -0.3 is 52.0 Å². The second-order valence-corrected chi connectivity index (χ2v) is 18.0. The van der Waals surface area contributed by atoms with E-state index in [-0.39, 0.29) is 43.3 Å². The number of anilines is 1. The van der Waals surface area contributed by atoms with Crippen LogP contribution in [0.2, 0.25) is 0 Å². The molecule has 1 aliphatic rings. The molecule has 2 aromatic carbocycles. The number of unbranched alkanes of at least 4 members (excludes halogenated alkanes) is 1. The van der Waals surface area contributed by atoms with Crippen molar-refractivity contribution in [3.05, 3.63) is 65.7 Å². The summed E-state index contributed by atoms with van der Waals surface area (Å²) in [5.74, 6) is -4.10. The lowest BCUT2D eigenvalue weighted by Gasteiger charge is -2.26. The molecule has 1 saturated heterocycles. The highest BCUT2D eigenvalue weighted by molar-refractivity contribution is 5.99. The van der Waals surface area contributed by atoms with Crippen molar-refractivity contribution in [1.29, 1.82) is 5.41 Å². The van der Waals surface area contributed by atoms with Gasteiger partial charge in [0.2, 0.25) is 35.4 Å². The highest BCUT2D eigenvalue weighted by Gasteiger charge is 2.35. The van der Waals surface area contributed by atoms with E-state index in [2.05, 4.69) is 37.2 Å². The smallest absolute Gasteiger partial charge is 0.408 e. The lowest BCUT2D eigenvalue weighted by molar-refractivity contribution is -0.139. The molecular formula is C47H69N9O10. The number of amides is 7. The van der Waals surface area contributed by atoms with Crippen LogP contribution in [-0.2, 0) is 51.1 Å². The van der Waals surface area contributed by atoms with E-state index >= 15 is 0 Å². The molecule has 5 atom stereocenters. The van der Waals surface area contributed by atoms with Crippen molar-refractivity contribution in [2.45, 2.75) is 142 Å². The number of hydrogen-bond donors (Lipinski definition) is 9. The first kappa shape index (κ1) is 53.8. The van der Waals surface area contributed by atoms with Crippen LogP contribution in [0.1, 0.15) is 105 Å². The van der Waals surface area contributed by atoms with E-state index in [1.54, 1.807) is 52.0 Å². The molecule has 3 rings (SSSR count). The summed E-state index contributed by atoms with van der Waals surface area (Å²) in [6, 6.07) is 10.5. The Balaban J connectivity index is 1.75. The van der Waals surface area contributed by atoms with Gasteiger partial charge in [-0.2, -0.15) is 0 Å². The van der Waals surface area contributed by atoms with Crippen LogP contribution in [0.5, 0.6) is 0 Å². The molecule has 0 aliphatic carbocycles. The van der Waals surface area contributed by atoms with Crippen molar-refractivity contribution >= 4 is 59.0 Å². The Morgan fingerprint density at radius 1 is 0.773 bits per heavy atom. The summed E-state index contributed by atoms with van der Waals surface area (Å²) in [6.45, 7) is 12.2. The molecule has 0 saturated carbocycles. The monoisotopic (exact) mass is 920 g/mol. The molecule has 1 aliphatic heterocycles. The van der Waals surface area contributed by atoms with E-state index < -0.39 is 84.0 Å². The molecule has 0 aromatic heterocycles. The number of carbonyl (C=O) groups excluding carboxylic acids is 7. The van der Waals surface area contributed by atoms with E-state index in [0.717, 1.165) is 5.56 Å². The minimum Gasteiger partial charge on any atom is -0.480 e.